The van der Waals surface area contributed by atoms with Crippen molar-refractivity contribution in [3.63, 3.8) is 0 Å². The summed E-state index contributed by atoms with van der Waals surface area (Å²) in [6.07, 6.45) is 6.77. The van der Waals surface area contributed by atoms with E-state index < -0.39 is 47.9 Å². The zero-order valence-corrected chi connectivity index (χ0v) is 27.4. The maximum atomic E-state index is 16.3. The molecule has 4 aromatic rings. The van der Waals surface area contributed by atoms with Gasteiger partial charge in [0.2, 0.25) is 5.95 Å². The van der Waals surface area contributed by atoms with Crippen molar-refractivity contribution in [2.75, 3.05) is 33.0 Å². The normalized spacial score (nSPS) is 21.1. The fraction of sp³-hybridized carbons (Fsp3) is 0.387. The lowest BCUT2D eigenvalue weighted by molar-refractivity contribution is 0.252. The Labute approximate surface area is 274 Å². The average Bonchev–Trinajstić information content (AvgIpc) is 3.49. The number of hydrogen-bond acceptors (Lipinski definition) is 10. The maximum Gasteiger partial charge on any atom is 0.267 e. The van der Waals surface area contributed by atoms with E-state index in [2.05, 4.69) is 15.2 Å². The summed E-state index contributed by atoms with van der Waals surface area (Å²) in [5.41, 5.74) is 0.158. The summed E-state index contributed by atoms with van der Waals surface area (Å²) < 4.78 is 96.9. The van der Waals surface area contributed by atoms with Crippen LogP contribution in [0.2, 0.25) is 0 Å². The minimum Gasteiger partial charge on any atom is -0.351 e. The van der Waals surface area contributed by atoms with Crippen molar-refractivity contribution in [1.29, 1.82) is 0 Å². The predicted molar refractivity (Wildman–Crippen MR) is 174 cm³/mol. The van der Waals surface area contributed by atoms with Crippen molar-refractivity contribution in [3.8, 4) is 21.8 Å². The second-order valence-corrected chi connectivity index (χ2v) is 17.1. The van der Waals surface area contributed by atoms with E-state index >= 15 is 4.39 Å². The second kappa shape index (κ2) is 12.4. The van der Waals surface area contributed by atoms with Crippen molar-refractivity contribution in [2.45, 2.75) is 55.5 Å². The first kappa shape index (κ1) is 31.8. The van der Waals surface area contributed by atoms with Gasteiger partial charge in [-0.3, -0.25) is 4.72 Å². The molecule has 2 bridgehead atoms. The second-order valence-electron chi connectivity index (χ2n) is 12.2. The van der Waals surface area contributed by atoms with Crippen LogP contribution in [0.3, 0.4) is 0 Å². The number of sulfonamides is 1. The van der Waals surface area contributed by atoms with Crippen LogP contribution in [0.15, 0.2) is 53.6 Å². The third-order valence-electron chi connectivity index (χ3n) is 9.04. The highest BCUT2D eigenvalue weighted by Gasteiger charge is 2.36. The molecule has 3 aliphatic heterocycles. The molecule has 2 aromatic heterocycles. The Balaban J connectivity index is 1.27. The van der Waals surface area contributed by atoms with Crippen molar-refractivity contribution in [2.24, 2.45) is 5.92 Å². The topological polar surface area (TPSA) is 134 Å². The van der Waals surface area contributed by atoms with Crippen LogP contribution in [0, 0.1) is 23.4 Å². The van der Waals surface area contributed by atoms with Gasteiger partial charge in [0, 0.05) is 30.4 Å². The van der Waals surface area contributed by atoms with Gasteiger partial charge >= 0.3 is 0 Å². The maximum absolute atomic E-state index is 16.3. The molecular formula is C31H31F3N6O4S3. The van der Waals surface area contributed by atoms with E-state index in [-0.39, 0.29) is 28.8 Å². The van der Waals surface area contributed by atoms with Gasteiger partial charge in [-0.2, -0.15) is 0 Å². The molecule has 5 heterocycles. The Hall–Kier alpha value is -3.76. The number of hydrogen-bond donors (Lipinski definition) is 2. The van der Waals surface area contributed by atoms with Crippen molar-refractivity contribution in [3.05, 3.63) is 66.1 Å². The summed E-state index contributed by atoms with van der Waals surface area (Å²) in [6, 6.07) is 8.56. The number of anilines is 3. The lowest BCUT2D eigenvalue weighted by Gasteiger charge is -2.45. The summed E-state index contributed by atoms with van der Waals surface area (Å²) in [6.45, 7) is 0.828. The standard InChI is InChI=1S/C31H31F3N6O4S3/c32-22-4-2-5-23(33)29(22)47(43,44)39-24-6-1-3-21(26(24)34)27-28(45-31(38-27)40-17-18-7-9-20(40)10-8-18)25-11-14-35-30(37-25)36-19-12-15-46(41,42)16-13-19/h1-6,11,14,18-20,39H,7-10,12-13,15-17H2,(H,35,36,37). The lowest BCUT2D eigenvalue weighted by Crippen LogP contribution is -2.48. The first-order valence-corrected chi connectivity index (χ1v) is 19.4. The van der Waals surface area contributed by atoms with Gasteiger partial charge in [-0.25, -0.2) is 45.0 Å². The smallest absolute Gasteiger partial charge is 0.267 e. The van der Waals surface area contributed by atoms with Gasteiger partial charge in [0.15, 0.2) is 15.8 Å². The third kappa shape index (κ3) is 6.42. The first-order chi connectivity index (χ1) is 22.5. The molecule has 10 nitrogen and oxygen atoms in total. The quantitative estimate of drug-likeness (QED) is 0.232. The Morgan fingerprint density at radius 3 is 2.28 bits per heavy atom. The summed E-state index contributed by atoms with van der Waals surface area (Å²) in [4.78, 5) is 15.5. The minimum atomic E-state index is -4.84. The van der Waals surface area contributed by atoms with Crippen molar-refractivity contribution < 1.29 is 30.0 Å². The molecule has 8 rings (SSSR count). The number of thiazole rings is 1. The monoisotopic (exact) mass is 704 g/mol. The average molecular weight is 705 g/mol. The lowest BCUT2D eigenvalue weighted by atomic mass is 9.80. The summed E-state index contributed by atoms with van der Waals surface area (Å²) in [5, 5.41) is 3.91. The fourth-order valence-corrected chi connectivity index (χ4v) is 10.4. The van der Waals surface area contributed by atoms with Crippen LogP contribution >= 0.6 is 11.3 Å². The zero-order chi connectivity index (χ0) is 32.9. The molecule has 4 fully saturated rings. The summed E-state index contributed by atoms with van der Waals surface area (Å²) in [7, 11) is -7.89. The molecule has 0 unspecified atom stereocenters. The molecule has 248 valence electrons. The highest BCUT2D eigenvalue weighted by molar-refractivity contribution is 7.92. The number of benzene rings is 2. The van der Waals surface area contributed by atoms with E-state index in [1.165, 1.54) is 29.5 Å². The Bertz CT molecular complexity index is 2020. The number of aromatic nitrogens is 3. The number of piperidine rings is 2. The summed E-state index contributed by atoms with van der Waals surface area (Å²) >= 11 is 1.35. The molecule has 2 N–H and O–H groups in total. The molecule has 0 spiro atoms. The SMILES string of the molecule is O=S1(=O)CCC(Nc2nccc(-c3sc(N4CC5CCC4CC5)nc3-c3cccc(NS(=O)(=O)c4c(F)cccc4F)c3F)n2)CC1. The van der Waals surface area contributed by atoms with Crippen LogP contribution < -0.4 is 14.9 Å². The van der Waals surface area contributed by atoms with Crippen LogP contribution in [0.4, 0.5) is 29.9 Å². The molecule has 4 aliphatic rings. The number of fused-ring (bicyclic) bond motifs is 3. The molecule has 1 saturated carbocycles. The van der Waals surface area contributed by atoms with Crippen LogP contribution in [0.1, 0.15) is 38.5 Å². The highest BCUT2D eigenvalue weighted by atomic mass is 32.2. The summed E-state index contributed by atoms with van der Waals surface area (Å²) in [5.74, 6) is -2.60. The number of rotatable bonds is 8. The first-order valence-electron chi connectivity index (χ1n) is 15.3. The van der Waals surface area contributed by atoms with E-state index in [1.54, 1.807) is 12.3 Å². The molecule has 47 heavy (non-hydrogen) atoms. The fourth-order valence-electron chi connectivity index (χ4n) is 6.59. The van der Waals surface area contributed by atoms with Gasteiger partial charge in [0.1, 0.15) is 21.5 Å². The molecule has 0 amide bonds. The minimum absolute atomic E-state index is 0.0236. The van der Waals surface area contributed by atoms with Gasteiger partial charge in [0.25, 0.3) is 10.0 Å². The van der Waals surface area contributed by atoms with Gasteiger partial charge in [-0.15, -0.1) is 0 Å². The molecule has 3 saturated heterocycles. The third-order valence-corrected chi connectivity index (χ3v) is 13.3. The molecule has 0 atom stereocenters. The molecular weight excluding hydrogens is 674 g/mol. The van der Waals surface area contributed by atoms with E-state index in [0.29, 0.717) is 46.5 Å². The van der Waals surface area contributed by atoms with E-state index in [4.69, 9.17) is 9.97 Å². The predicted octanol–water partition coefficient (Wildman–Crippen LogP) is 5.85. The van der Waals surface area contributed by atoms with Gasteiger partial charge < -0.3 is 10.2 Å². The Morgan fingerprint density at radius 2 is 1.60 bits per heavy atom. The Morgan fingerprint density at radius 1 is 0.894 bits per heavy atom. The van der Waals surface area contributed by atoms with Crippen molar-refractivity contribution in [1.82, 2.24) is 15.0 Å². The molecule has 1 aliphatic carbocycles. The number of sulfone groups is 1. The van der Waals surface area contributed by atoms with E-state index in [0.717, 1.165) is 50.4 Å². The zero-order valence-electron chi connectivity index (χ0n) is 25.0. The van der Waals surface area contributed by atoms with E-state index in [9.17, 15) is 25.6 Å². The molecule has 2 aromatic carbocycles. The van der Waals surface area contributed by atoms with Crippen LogP contribution in [-0.2, 0) is 19.9 Å². The molecule has 16 heteroatoms. The van der Waals surface area contributed by atoms with Gasteiger partial charge in [-0.1, -0.05) is 23.5 Å². The van der Waals surface area contributed by atoms with Crippen molar-refractivity contribution >= 4 is 48.0 Å². The van der Waals surface area contributed by atoms with E-state index in [1.807, 2.05) is 4.72 Å². The van der Waals surface area contributed by atoms with Crippen LogP contribution in [0.25, 0.3) is 21.8 Å². The van der Waals surface area contributed by atoms with Crippen LogP contribution in [-0.4, -0.2) is 61.9 Å². The highest BCUT2D eigenvalue weighted by Crippen LogP contribution is 2.45. The van der Waals surface area contributed by atoms with Gasteiger partial charge in [0.05, 0.1) is 33.5 Å². The number of nitrogens with one attached hydrogen (secondary N) is 2. The van der Waals surface area contributed by atoms with Crippen LogP contribution in [0.5, 0.6) is 0 Å². The Kier molecular flexibility index (Phi) is 8.37. The number of halogens is 3. The molecule has 0 radical (unpaired) electrons. The number of nitrogens with zero attached hydrogens (tertiary/aromatic N) is 4. The largest absolute Gasteiger partial charge is 0.351 e. The van der Waals surface area contributed by atoms with Gasteiger partial charge in [-0.05, 0) is 74.8 Å².